The number of hydrogen-bond donors (Lipinski definition) is 2. The smallest absolute Gasteiger partial charge is 0.274 e. The molecule has 0 radical (unpaired) electrons. The van der Waals surface area contributed by atoms with Crippen LogP contribution < -0.4 is 10.7 Å². The van der Waals surface area contributed by atoms with E-state index in [0.29, 0.717) is 25.5 Å². The van der Waals surface area contributed by atoms with Crippen LogP contribution in [-0.2, 0) is 16.8 Å². The average Bonchev–Trinajstić information content (AvgIpc) is 2.75. The number of ether oxygens (including phenoxy) is 1. The molecule has 1 fully saturated rings. The average molecular weight is 526 g/mol. The van der Waals surface area contributed by atoms with E-state index in [9.17, 15) is 28.3 Å². The highest BCUT2D eigenvalue weighted by Crippen LogP contribution is 2.46. The van der Waals surface area contributed by atoms with E-state index in [1.807, 2.05) is 27.7 Å². The Morgan fingerprint density at radius 1 is 1.22 bits per heavy atom. The topological polar surface area (TPSA) is 101 Å². The summed E-state index contributed by atoms with van der Waals surface area (Å²) in [7, 11) is 0. The van der Waals surface area contributed by atoms with Gasteiger partial charge in [-0.3, -0.25) is 14.4 Å². The van der Waals surface area contributed by atoms with Crippen molar-refractivity contribution in [1.82, 2.24) is 14.8 Å². The summed E-state index contributed by atoms with van der Waals surface area (Å²) in [6, 6.07) is 2.79. The second kappa shape index (κ2) is 10.2. The van der Waals surface area contributed by atoms with Crippen molar-refractivity contribution < 1.29 is 28.2 Å². The summed E-state index contributed by atoms with van der Waals surface area (Å²) in [5.74, 6) is -3.71. The zero-order chi connectivity index (χ0) is 25.7. The van der Waals surface area contributed by atoms with Crippen molar-refractivity contribution in [2.75, 3.05) is 6.54 Å². The van der Waals surface area contributed by atoms with E-state index in [1.54, 1.807) is 9.47 Å². The number of benzene rings is 1. The van der Waals surface area contributed by atoms with Gasteiger partial charge in [0, 0.05) is 37.0 Å². The molecule has 2 heterocycles. The fraction of sp³-hybridized carbons (Fsp3) is 0.480. The number of carbonyl (C=O) groups excluding carboxylic acids is 2. The lowest BCUT2D eigenvalue weighted by molar-refractivity contribution is -0.110. The summed E-state index contributed by atoms with van der Waals surface area (Å²) in [5.41, 5.74) is -2.12. The van der Waals surface area contributed by atoms with Crippen LogP contribution in [0.2, 0.25) is 0 Å². The van der Waals surface area contributed by atoms with Crippen molar-refractivity contribution in [2.24, 2.45) is 0 Å². The minimum absolute atomic E-state index is 0. The van der Waals surface area contributed by atoms with E-state index in [-0.39, 0.29) is 54.0 Å². The zero-order valence-electron chi connectivity index (χ0n) is 20.5. The van der Waals surface area contributed by atoms with Crippen molar-refractivity contribution in [1.29, 1.82) is 0 Å². The predicted molar refractivity (Wildman–Crippen MR) is 131 cm³/mol. The Balaban J connectivity index is 0.00000361. The number of nitrogens with zero attached hydrogens (tertiary/aromatic N) is 2. The maximum atomic E-state index is 13.9. The number of pyridine rings is 1. The number of carbonyl (C=O) groups is 2. The van der Waals surface area contributed by atoms with Crippen molar-refractivity contribution in [2.45, 2.75) is 70.9 Å². The molecule has 2 aliphatic rings. The van der Waals surface area contributed by atoms with Crippen LogP contribution >= 0.6 is 12.4 Å². The fourth-order valence-electron chi connectivity index (χ4n) is 4.89. The van der Waals surface area contributed by atoms with E-state index in [2.05, 4.69) is 5.32 Å². The third-order valence-electron chi connectivity index (χ3n) is 6.62. The van der Waals surface area contributed by atoms with Crippen LogP contribution in [-0.4, -0.2) is 51.2 Å². The van der Waals surface area contributed by atoms with E-state index in [4.69, 9.17) is 4.74 Å². The molecule has 1 spiro atoms. The first-order valence-corrected chi connectivity index (χ1v) is 11.6. The van der Waals surface area contributed by atoms with Crippen molar-refractivity contribution in [3.8, 4) is 5.75 Å². The number of rotatable bonds is 6. The fourth-order valence-corrected chi connectivity index (χ4v) is 4.89. The molecule has 0 saturated heterocycles. The zero-order valence-corrected chi connectivity index (χ0v) is 21.3. The Morgan fingerprint density at radius 3 is 2.47 bits per heavy atom. The highest BCUT2D eigenvalue weighted by atomic mass is 35.5. The molecule has 2 aromatic rings. The third-order valence-corrected chi connectivity index (χ3v) is 6.62. The van der Waals surface area contributed by atoms with E-state index in [0.717, 1.165) is 6.07 Å². The molecule has 1 aromatic heterocycles. The lowest BCUT2D eigenvalue weighted by Gasteiger charge is -2.55. The van der Waals surface area contributed by atoms with E-state index >= 15 is 0 Å². The number of fused-ring (bicyclic) bond motifs is 2. The second-order valence-corrected chi connectivity index (χ2v) is 9.82. The molecule has 4 rings (SSSR count). The Kier molecular flexibility index (Phi) is 7.80. The monoisotopic (exact) mass is 525 g/mol. The minimum atomic E-state index is -0.989. The number of nitrogens with one attached hydrogen (secondary N) is 1. The number of aromatic nitrogens is 1. The van der Waals surface area contributed by atoms with Crippen LogP contribution in [0.15, 0.2) is 29.2 Å². The van der Waals surface area contributed by atoms with Crippen molar-refractivity contribution >= 4 is 24.2 Å². The summed E-state index contributed by atoms with van der Waals surface area (Å²) >= 11 is 0. The van der Waals surface area contributed by atoms with Crippen LogP contribution in [0.25, 0.3) is 0 Å². The molecule has 0 bridgehead atoms. The van der Waals surface area contributed by atoms with Crippen LogP contribution in [0.5, 0.6) is 5.75 Å². The SMILES string of the molecule is CC(C)O[C@H]1C[C@@]2(CN(C(C)C)C(=O)c3c(O)c(=O)c(C(=O)NCc4ccc(F)cc4F)cn32)C1.Cl. The quantitative estimate of drug-likeness (QED) is 0.602. The van der Waals surface area contributed by atoms with Gasteiger partial charge in [-0.05, 0) is 46.6 Å². The molecule has 11 heteroatoms. The number of hydrogen-bond acceptors (Lipinski definition) is 5. The normalized spacial score (nSPS) is 20.8. The van der Waals surface area contributed by atoms with Gasteiger partial charge in [0.2, 0.25) is 5.43 Å². The summed E-state index contributed by atoms with van der Waals surface area (Å²) in [5, 5.41) is 13.2. The molecule has 2 N–H and O–H groups in total. The predicted octanol–water partition coefficient (Wildman–Crippen LogP) is 3.33. The van der Waals surface area contributed by atoms with Gasteiger partial charge in [-0.15, -0.1) is 12.4 Å². The minimum Gasteiger partial charge on any atom is -0.503 e. The number of amides is 2. The summed E-state index contributed by atoms with van der Waals surface area (Å²) in [6.07, 6.45) is 2.33. The molecule has 1 aliphatic heterocycles. The molecule has 0 unspecified atom stereocenters. The molecular weight excluding hydrogens is 496 g/mol. The van der Waals surface area contributed by atoms with Gasteiger partial charge >= 0.3 is 0 Å². The molecule has 36 heavy (non-hydrogen) atoms. The molecule has 1 saturated carbocycles. The van der Waals surface area contributed by atoms with Gasteiger partial charge in [-0.1, -0.05) is 6.07 Å². The van der Waals surface area contributed by atoms with Crippen LogP contribution in [0, 0.1) is 11.6 Å². The highest BCUT2D eigenvalue weighted by molar-refractivity contribution is 5.99. The van der Waals surface area contributed by atoms with E-state index < -0.39 is 40.2 Å². The Morgan fingerprint density at radius 2 is 1.89 bits per heavy atom. The Labute approximate surface area is 213 Å². The van der Waals surface area contributed by atoms with Crippen molar-refractivity contribution in [3.63, 3.8) is 0 Å². The molecule has 1 aromatic carbocycles. The van der Waals surface area contributed by atoms with Crippen LogP contribution in [0.3, 0.4) is 0 Å². The molecule has 0 atom stereocenters. The van der Waals surface area contributed by atoms with Crippen LogP contribution in [0.1, 0.15) is 66.9 Å². The third kappa shape index (κ3) is 4.84. The van der Waals surface area contributed by atoms with Gasteiger partial charge < -0.3 is 24.6 Å². The Hall–Kier alpha value is -2.98. The first-order chi connectivity index (χ1) is 16.4. The summed E-state index contributed by atoms with van der Waals surface area (Å²) in [6.45, 7) is 7.62. The number of aromatic hydroxyl groups is 1. The Bertz CT molecular complexity index is 1240. The van der Waals surface area contributed by atoms with Gasteiger partial charge in [0.15, 0.2) is 11.4 Å². The molecule has 8 nitrogen and oxygen atoms in total. The molecule has 196 valence electrons. The lowest BCUT2D eigenvalue weighted by atomic mass is 9.71. The van der Waals surface area contributed by atoms with Crippen LogP contribution in [0.4, 0.5) is 8.78 Å². The summed E-state index contributed by atoms with van der Waals surface area (Å²) < 4.78 is 34.5. The number of halogens is 3. The largest absolute Gasteiger partial charge is 0.503 e. The first-order valence-electron chi connectivity index (χ1n) is 11.6. The first kappa shape index (κ1) is 27.6. The maximum Gasteiger partial charge on any atom is 0.274 e. The molecular formula is C25H30ClF2N3O5. The van der Waals surface area contributed by atoms with Gasteiger partial charge in [0.25, 0.3) is 11.8 Å². The lowest BCUT2D eigenvalue weighted by Crippen LogP contribution is -2.63. The highest BCUT2D eigenvalue weighted by Gasteiger charge is 2.53. The van der Waals surface area contributed by atoms with Gasteiger partial charge in [0.05, 0.1) is 17.7 Å². The van der Waals surface area contributed by atoms with Gasteiger partial charge in [-0.25, -0.2) is 8.78 Å². The molecule has 2 amide bonds. The van der Waals surface area contributed by atoms with E-state index in [1.165, 1.54) is 12.3 Å². The molecule has 1 aliphatic carbocycles. The summed E-state index contributed by atoms with van der Waals surface area (Å²) in [4.78, 5) is 40.6. The van der Waals surface area contributed by atoms with Gasteiger partial charge in [-0.2, -0.15) is 0 Å². The van der Waals surface area contributed by atoms with Crippen molar-refractivity contribution in [3.05, 3.63) is 63.1 Å². The second-order valence-electron chi connectivity index (χ2n) is 9.82. The van der Waals surface area contributed by atoms with Gasteiger partial charge in [0.1, 0.15) is 17.2 Å². The maximum absolute atomic E-state index is 13.9. The standard InChI is InChI=1S/C25H29F2N3O5.ClH/c1-13(2)29-12-25(8-17(9-25)35-14(3)4)30-11-18(21(31)22(32)20(30)24(29)34)23(33)28-10-15-5-6-16(26)7-19(15)27;/h5-7,11,13-14,17,32H,8-10,12H2,1-4H3,(H,28,33);1H/t17-,25-;.